The van der Waals surface area contributed by atoms with Crippen LogP contribution < -0.4 is 0 Å². The molecule has 2 aromatic heterocycles. The quantitative estimate of drug-likeness (QED) is 0.664. The molecule has 1 saturated heterocycles. The normalized spacial score (nSPS) is 17.8. The van der Waals surface area contributed by atoms with E-state index in [4.69, 9.17) is 4.98 Å². The van der Waals surface area contributed by atoms with Crippen molar-refractivity contribution < 1.29 is 4.79 Å². The summed E-state index contributed by atoms with van der Waals surface area (Å²) < 4.78 is 2.19. The molecule has 3 heterocycles. The van der Waals surface area contributed by atoms with E-state index in [0.717, 1.165) is 23.4 Å². The fraction of sp³-hybridized carbons (Fsp3) is 0.263. The van der Waals surface area contributed by atoms with Gasteiger partial charge in [0.25, 0.3) is 0 Å². The third kappa shape index (κ3) is 2.65. The number of para-hydroxylation sites is 2. The van der Waals surface area contributed by atoms with E-state index in [9.17, 15) is 4.79 Å². The number of hydrogen-bond acceptors (Lipinski definition) is 3. The Morgan fingerprint density at radius 1 is 1.29 bits per heavy atom. The largest absolute Gasteiger partial charge is 0.337 e. The SMILES string of the molecule is C=CCn1c([C@@H]2CC(=O)N(Cc3cccs3)C2)nc2ccccc21. The summed E-state index contributed by atoms with van der Waals surface area (Å²) in [5.74, 6) is 1.36. The summed E-state index contributed by atoms with van der Waals surface area (Å²) in [7, 11) is 0. The van der Waals surface area contributed by atoms with E-state index in [-0.39, 0.29) is 11.8 Å². The van der Waals surface area contributed by atoms with Gasteiger partial charge in [-0.3, -0.25) is 4.79 Å². The van der Waals surface area contributed by atoms with E-state index in [1.165, 1.54) is 4.88 Å². The number of thiophene rings is 1. The Labute approximate surface area is 145 Å². The predicted molar refractivity (Wildman–Crippen MR) is 97.0 cm³/mol. The molecular formula is C19H19N3OS. The topological polar surface area (TPSA) is 38.1 Å². The van der Waals surface area contributed by atoms with Crippen molar-refractivity contribution in [1.82, 2.24) is 14.5 Å². The molecule has 1 aromatic carbocycles. The molecule has 0 unspecified atom stereocenters. The zero-order valence-electron chi connectivity index (χ0n) is 13.4. The fourth-order valence-electron chi connectivity index (χ4n) is 3.42. The summed E-state index contributed by atoms with van der Waals surface area (Å²) in [4.78, 5) is 20.4. The van der Waals surface area contributed by atoms with Crippen molar-refractivity contribution >= 4 is 28.3 Å². The van der Waals surface area contributed by atoms with Crippen LogP contribution in [0.15, 0.2) is 54.4 Å². The van der Waals surface area contributed by atoms with Gasteiger partial charge in [0.2, 0.25) is 5.91 Å². The smallest absolute Gasteiger partial charge is 0.223 e. The van der Waals surface area contributed by atoms with E-state index in [2.05, 4.69) is 28.7 Å². The number of aromatic nitrogens is 2. The van der Waals surface area contributed by atoms with Gasteiger partial charge in [-0.05, 0) is 23.6 Å². The summed E-state index contributed by atoms with van der Waals surface area (Å²) >= 11 is 1.70. The number of likely N-dealkylation sites (tertiary alicyclic amines) is 1. The van der Waals surface area contributed by atoms with Crippen LogP contribution in [0, 0.1) is 0 Å². The number of amides is 1. The number of hydrogen-bond donors (Lipinski definition) is 0. The summed E-state index contributed by atoms with van der Waals surface area (Å²) in [5.41, 5.74) is 2.09. The summed E-state index contributed by atoms with van der Waals surface area (Å²) in [6.45, 7) is 6.02. The lowest BCUT2D eigenvalue weighted by Crippen LogP contribution is -2.24. The first-order valence-corrected chi connectivity index (χ1v) is 9.00. The van der Waals surface area contributed by atoms with Gasteiger partial charge in [-0.2, -0.15) is 0 Å². The maximum absolute atomic E-state index is 12.4. The fourth-order valence-corrected chi connectivity index (χ4v) is 4.13. The molecular weight excluding hydrogens is 318 g/mol. The van der Waals surface area contributed by atoms with Gasteiger partial charge in [0.15, 0.2) is 0 Å². The maximum atomic E-state index is 12.4. The van der Waals surface area contributed by atoms with Crippen molar-refractivity contribution in [3.8, 4) is 0 Å². The molecule has 24 heavy (non-hydrogen) atoms. The Morgan fingerprint density at radius 2 is 2.17 bits per heavy atom. The third-order valence-electron chi connectivity index (χ3n) is 4.50. The van der Waals surface area contributed by atoms with Crippen LogP contribution in [-0.2, 0) is 17.9 Å². The van der Waals surface area contributed by atoms with E-state index in [1.54, 1.807) is 11.3 Å². The zero-order chi connectivity index (χ0) is 16.5. The summed E-state index contributed by atoms with van der Waals surface area (Å²) in [6, 6.07) is 12.2. The number of imidazole rings is 1. The number of nitrogens with zero attached hydrogens (tertiary/aromatic N) is 3. The third-order valence-corrected chi connectivity index (χ3v) is 5.36. The molecule has 0 radical (unpaired) electrons. The van der Waals surface area contributed by atoms with Crippen LogP contribution in [0.1, 0.15) is 23.0 Å². The number of rotatable bonds is 5. The molecule has 5 heteroatoms. The highest BCUT2D eigenvalue weighted by atomic mass is 32.1. The predicted octanol–water partition coefficient (Wildman–Crippen LogP) is 3.80. The van der Waals surface area contributed by atoms with E-state index >= 15 is 0 Å². The molecule has 1 amide bonds. The van der Waals surface area contributed by atoms with Crippen molar-refractivity contribution in [3.05, 3.63) is 65.1 Å². The van der Waals surface area contributed by atoms with Gasteiger partial charge in [-0.15, -0.1) is 17.9 Å². The first kappa shape index (κ1) is 15.1. The van der Waals surface area contributed by atoms with Crippen molar-refractivity contribution in [1.29, 1.82) is 0 Å². The molecule has 0 N–H and O–H groups in total. The van der Waals surface area contributed by atoms with E-state index in [0.29, 0.717) is 19.5 Å². The molecule has 0 saturated carbocycles. The molecule has 4 nitrogen and oxygen atoms in total. The minimum absolute atomic E-state index is 0.143. The minimum atomic E-state index is 0.143. The summed E-state index contributed by atoms with van der Waals surface area (Å²) in [6.07, 6.45) is 2.42. The van der Waals surface area contributed by atoms with Crippen LogP contribution in [0.2, 0.25) is 0 Å². The molecule has 122 valence electrons. The lowest BCUT2D eigenvalue weighted by Gasteiger charge is -2.16. The Balaban J connectivity index is 1.64. The second-order valence-electron chi connectivity index (χ2n) is 6.11. The highest BCUT2D eigenvalue weighted by Gasteiger charge is 2.33. The average molecular weight is 337 g/mol. The lowest BCUT2D eigenvalue weighted by atomic mass is 10.1. The molecule has 0 spiro atoms. The van der Waals surface area contributed by atoms with Crippen LogP contribution >= 0.6 is 11.3 Å². The van der Waals surface area contributed by atoms with E-state index in [1.807, 2.05) is 35.2 Å². The van der Waals surface area contributed by atoms with Gasteiger partial charge in [0.05, 0.1) is 17.6 Å². The highest BCUT2D eigenvalue weighted by molar-refractivity contribution is 7.09. The van der Waals surface area contributed by atoms with Gasteiger partial charge in [0.1, 0.15) is 5.82 Å². The number of carbonyl (C=O) groups is 1. The Morgan fingerprint density at radius 3 is 2.96 bits per heavy atom. The second kappa shape index (κ2) is 6.24. The van der Waals surface area contributed by atoms with Gasteiger partial charge in [0, 0.05) is 30.3 Å². The number of benzene rings is 1. The van der Waals surface area contributed by atoms with Gasteiger partial charge in [-0.25, -0.2) is 4.98 Å². The second-order valence-corrected chi connectivity index (χ2v) is 7.14. The van der Waals surface area contributed by atoms with Crippen molar-refractivity contribution in [2.45, 2.75) is 25.4 Å². The molecule has 1 aliphatic heterocycles. The van der Waals surface area contributed by atoms with Crippen molar-refractivity contribution in [3.63, 3.8) is 0 Å². The van der Waals surface area contributed by atoms with Gasteiger partial charge in [-0.1, -0.05) is 24.3 Å². The standard InChI is InChI=1S/C19H19N3OS/c1-2-9-22-17-8-4-3-7-16(17)20-19(22)14-11-18(23)21(12-14)13-15-6-5-10-24-15/h2-8,10,14H,1,9,11-13H2/t14-/m1/s1. The molecule has 1 fully saturated rings. The first-order chi connectivity index (χ1) is 11.8. The van der Waals surface area contributed by atoms with Gasteiger partial charge < -0.3 is 9.47 Å². The summed E-state index contributed by atoms with van der Waals surface area (Å²) in [5, 5.41) is 2.05. The van der Waals surface area contributed by atoms with Crippen molar-refractivity contribution in [2.24, 2.45) is 0 Å². The minimum Gasteiger partial charge on any atom is -0.337 e. The molecule has 4 rings (SSSR count). The number of carbonyl (C=O) groups excluding carboxylic acids is 1. The Bertz CT molecular complexity index is 881. The number of allylic oxidation sites excluding steroid dienone is 1. The highest BCUT2D eigenvalue weighted by Crippen LogP contribution is 2.31. The molecule has 0 aliphatic carbocycles. The van der Waals surface area contributed by atoms with Crippen molar-refractivity contribution in [2.75, 3.05) is 6.54 Å². The van der Waals surface area contributed by atoms with Crippen LogP contribution in [0.25, 0.3) is 11.0 Å². The lowest BCUT2D eigenvalue weighted by molar-refractivity contribution is -0.128. The van der Waals surface area contributed by atoms with Crippen LogP contribution in [0.4, 0.5) is 0 Å². The van der Waals surface area contributed by atoms with Crippen LogP contribution in [-0.4, -0.2) is 26.9 Å². The van der Waals surface area contributed by atoms with Gasteiger partial charge >= 0.3 is 0 Å². The monoisotopic (exact) mass is 337 g/mol. The Kier molecular flexibility index (Phi) is 3.94. The molecule has 1 atom stereocenters. The molecule has 1 aliphatic rings. The zero-order valence-corrected chi connectivity index (χ0v) is 14.2. The molecule has 3 aromatic rings. The first-order valence-electron chi connectivity index (χ1n) is 8.12. The number of fused-ring (bicyclic) bond motifs is 1. The average Bonchev–Trinajstić information content (AvgIpc) is 3.29. The van der Waals surface area contributed by atoms with Crippen LogP contribution in [0.5, 0.6) is 0 Å². The molecule has 0 bridgehead atoms. The maximum Gasteiger partial charge on any atom is 0.223 e. The van der Waals surface area contributed by atoms with E-state index < -0.39 is 0 Å². The Hall–Kier alpha value is -2.40. The van der Waals surface area contributed by atoms with Crippen LogP contribution in [0.3, 0.4) is 0 Å².